The van der Waals surface area contributed by atoms with E-state index in [2.05, 4.69) is 15.6 Å². The number of hydrogen-bond acceptors (Lipinski definition) is 3. The third-order valence-electron chi connectivity index (χ3n) is 3.41. The Morgan fingerprint density at radius 2 is 1.89 bits per heavy atom. The average molecular weight is 261 g/mol. The van der Waals surface area contributed by atoms with Crippen LogP contribution in [0.4, 0.5) is 0 Å². The fraction of sp³-hybridized carbons (Fsp3) is 0.533. The van der Waals surface area contributed by atoms with E-state index in [1.165, 1.54) is 12.8 Å². The summed E-state index contributed by atoms with van der Waals surface area (Å²) in [5.74, 6) is 1.09. The van der Waals surface area contributed by atoms with E-state index in [0.717, 1.165) is 42.7 Å². The Hall–Kier alpha value is -1.39. The molecule has 0 radical (unpaired) electrons. The Balaban J connectivity index is 2.06. The summed E-state index contributed by atoms with van der Waals surface area (Å²) in [5, 5.41) is 9.20. The van der Waals surface area contributed by atoms with Gasteiger partial charge in [0.05, 0.1) is 17.6 Å². The molecule has 1 aromatic heterocycles. The van der Waals surface area contributed by atoms with Crippen molar-refractivity contribution < 1.29 is 5.11 Å². The molecule has 2 aromatic rings. The number of benzene rings is 1. The fourth-order valence-corrected chi connectivity index (χ4v) is 2.45. The van der Waals surface area contributed by atoms with Gasteiger partial charge in [-0.1, -0.05) is 25.0 Å². The lowest BCUT2D eigenvalue weighted by molar-refractivity contribution is 0.276. The molecule has 1 heterocycles. The minimum Gasteiger partial charge on any atom is -0.395 e. The molecule has 2 rings (SSSR count). The second-order valence-corrected chi connectivity index (χ2v) is 4.84. The van der Waals surface area contributed by atoms with Gasteiger partial charge in [-0.2, -0.15) is 0 Å². The fourth-order valence-electron chi connectivity index (χ4n) is 2.45. The van der Waals surface area contributed by atoms with Gasteiger partial charge < -0.3 is 15.4 Å². The predicted octanol–water partition coefficient (Wildman–Crippen LogP) is 2.09. The molecule has 3 N–H and O–H groups in total. The molecule has 0 unspecified atom stereocenters. The molecule has 104 valence electrons. The molecule has 0 saturated heterocycles. The number of hydrogen-bond donors (Lipinski definition) is 2. The molecule has 4 nitrogen and oxygen atoms in total. The third kappa shape index (κ3) is 3.55. The summed E-state index contributed by atoms with van der Waals surface area (Å²) in [5.41, 5.74) is 7.63. The van der Waals surface area contributed by atoms with Crippen molar-refractivity contribution in [2.75, 3.05) is 13.2 Å². The first-order valence-corrected chi connectivity index (χ1v) is 7.12. The van der Waals surface area contributed by atoms with Crippen LogP contribution in [-0.2, 0) is 13.0 Å². The number of rotatable bonds is 8. The zero-order valence-electron chi connectivity index (χ0n) is 11.4. The highest BCUT2D eigenvalue weighted by atomic mass is 16.3. The van der Waals surface area contributed by atoms with Crippen LogP contribution in [0.15, 0.2) is 24.3 Å². The molecule has 0 aliphatic heterocycles. The van der Waals surface area contributed by atoms with Crippen LogP contribution < -0.4 is 5.73 Å². The van der Waals surface area contributed by atoms with E-state index in [1.54, 1.807) is 0 Å². The lowest BCUT2D eigenvalue weighted by atomic mass is 10.1. The number of aliphatic hydroxyl groups excluding tert-OH is 1. The highest BCUT2D eigenvalue weighted by Gasteiger charge is 2.09. The van der Waals surface area contributed by atoms with E-state index < -0.39 is 0 Å². The van der Waals surface area contributed by atoms with Gasteiger partial charge in [0.1, 0.15) is 5.82 Å². The predicted molar refractivity (Wildman–Crippen MR) is 78.0 cm³/mol. The zero-order valence-corrected chi connectivity index (χ0v) is 11.4. The molecule has 0 atom stereocenters. The molecule has 1 aromatic carbocycles. The van der Waals surface area contributed by atoms with E-state index in [-0.39, 0.29) is 6.61 Å². The van der Waals surface area contributed by atoms with Crippen molar-refractivity contribution in [3.63, 3.8) is 0 Å². The molecular weight excluding hydrogens is 238 g/mol. The number of aromatic nitrogens is 2. The molecule has 0 saturated carbocycles. The molecule has 0 bridgehead atoms. The molecular formula is C15H23N3O. The van der Waals surface area contributed by atoms with E-state index >= 15 is 0 Å². The molecule has 0 amide bonds. The Bertz CT molecular complexity index is 507. The Morgan fingerprint density at radius 1 is 1.11 bits per heavy atom. The van der Waals surface area contributed by atoms with Gasteiger partial charge in [0, 0.05) is 13.0 Å². The summed E-state index contributed by atoms with van der Waals surface area (Å²) in [6, 6.07) is 8.11. The third-order valence-corrected chi connectivity index (χ3v) is 3.41. The molecule has 0 spiro atoms. The number of aliphatic hydroxyl groups is 1. The molecule has 0 fully saturated rings. The lowest BCUT2D eigenvalue weighted by Crippen LogP contribution is -2.07. The topological polar surface area (TPSA) is 64.1 Å². The number of nitrogens with two attached hydrogens (primary N) is 1. The van der Waals surface area contributed by atoms with Gasteiger partial charge in [0.15, 0.2) is 0 Å². The van der Waals surface area contributed by atoms with E-state index in [9.17, 15) is 5.11 Å². The number of imidazole rings is 1. The van der Waals surface area contributed by atoms with Crippen LogP contribution in [0.25, 0.3) is 11.0 Å². The van der Waals surface area contributed by atoms with E-state index in [4.69, 9.17) is 5.73 Å². The standard InChI is InChI=1S/C15H23N3O/c16-10-6-2-1-3-9-15-17-13-7-4-5-8-14(13)18(15)11-12-19/h4-5,7-8,19H,1-3,6,9-12,16H2. The van der Waals surface area contributed by atoms with Crippen LogP contribution in [0.5, 0.6) is 0 Å². The Morgan fingerprint density at radius 3 is 2.68 bits per heavy atom. The molecule has 19 heavy (non-hydrogen) atoms. The summed E-state index contributed by atoms with van der Waals surface area (Å²) in [4.78, 5) is 4.68. The highest BCUT2D eigenvalue weighted by Crippen LogP contribution is 2.17. The number of unbranched alkanes of at least 4 members (excludes halogenated alkanes) is 3. The Labute approximate surface area is 114 Å². The van der Waals surface area contributed by atoms with E-state index in [0.29, 0.717) is 6.54 Å². The summed E-state index contributed by atoms with van der Waals surface area (Å²) < 4.78 is 2.14. The van der Waals surface area contributed by atoms with Gasteiger partial charge in [-0.25, -0.2) is 4.98 Å². The number of para-hydroxylation sites is 2. The van der Waals surface area contributed by atoms with Crippen molar-refractivity contribution in [1.29, 1.82) is 0 Å². The normalized spacial score (nSPS) is 11.3. The Kier molecular flexibility index (Phi) is 5.36. The number of aryl methyl sites for hydroxylation is 1. The minimum atomic E-state index is 0.153. The number of fused-ring (bicyclic) bond motifs is 1. The van der Waals surface area contributed by atoms with Gasteiger partial charge in [-0.05, 0) is 31.5 Å². The second kappa shape index (κ2) is 7.26. The van der Waals surface area contributed by atoms with Gasteiger partial charge in [-0.3, -0.25) is 0 Å². The molecule has 4 heteroatoms. The molecule has 0 aliphatic rings. The average Bonchev–Trinajstić information content (AvgIpc) is 2.78. The summed E-state index contributed by atoms with van der Waals surface area (Å²) in [6.45, 7) is 1.56. The van der Waals surface area contributed by atoms with Crippen LogP contribution in [0.3, 0.4) is 0 Å². The van der Waals surface area contributed by atoms with Crippen LogP contribution in [0.1, 0.15) is 31.5 Å². The van der Waals surface area contributed by atoms with Crippen molar-refractivity contribution >= 4 is 11.0 Å². The smallest absolute Gasteiger partial charge is 0.109 e. The van der Waals surface area contributed by atoms with Crippen molar-refractivity contribution in [1.82, 2.24) is 9.55 Å². The first-order chi connectivity index (χ1) is 9.36. The van der Waals surface area contributed by atoms with Crippen molar-refractivity contribution in [2.24, 2.45) is 5.73 Å². The summed E-state index contributed by atoms with van der Waals surface area (Å²) >= 11 is 0. The lowest BCUT2D eigenvalue weighted by Gasteiger charge is -2.07. The summed E-state index contributed by atoms with van der Waals surface area (Å²) in [7, 11) is 0. The maximum atomic E-state index is 9.20. The van der Waals surface area contributed by atoms with Crippen LogP contribution in [0.2, 0.25) is 0 Å². The summed E-state index contributed by atoms with van der Waals surface area (Å²) in [6.07, 6.45) is 5.59. The van der Waals surface area contributed by atoms with Crippen LogP contribution in [0, 0.1) is 0 Å². The highest BCUT2D eigenvalue weighted by molar-refractivity contribution is 5.75. The van der Waals surface area contributed by atoms with Crippen molar-refractivity contribution in [2.45, 2.75) is 38.6 Å². The first-order valence-electron chi connectivity index (χ1n) is 7.12. The van der Waals surface area contributed by atoms with Gasteiger partial charge >= 0.3 is 0 Å². The van der Waals surface area contributed by atoms with Crippen LogP contribution >= 0.6 is 0 Å². The van der Waals surface area contributed by atoms with Crippen LogP contribution in [-0.4, -0.2) is 27.8 Å². The van der Waals surface area contributed by atoms with E-state index in [1.807, 2.05) is 18.2 Å². The maximum Gasteiger partial charge on any atom is 0.109 e. The quantitative estimate of drug-likeness (QED) is 0.715. The monoisotopic (exact) mass is 261 g/mol. The van der Waals surface area contributed by atoms with Gasteiger partial charge in [0.2, 0.25) is 0 Å². The molecule has 0 aliphatic carbocycles. The maximum absolute atomic E-state index is 9.20. The second-order valence-electron chi connectivity index (χ2n) is 4.84. The SMILES string of the molecule is NCCCCCCc1nc2ccccc2n1CCO. The number of nitrogens with zero attached hydrogens (tertiary/aromatic N) is 2. The largest absolute Gasteiger partial charge is 0.395 e. The van der Waals surface area contributed by atoms with Crippen molar-refractivity contribution in [3.05, 3.63) is 30.1 Å². The van der Waals surface area contributed by atoms with Gasteiger partial charge in [-0.15, -0.1) is 0 Å². The zero-order chi connectivity index (χ0) is 13.5. The minimum absolute atomic E-state index is 0.153. The van der Waals surface area contributed by atoms with Gasteiger partial charge in [0.25, 0.3) is 0 Å². The first kappa shape index (κ1) is 14.0. The van der Waals surface area contributed by atoms with Crippen molar-refractivity contribution in [3.8, 4) is 0 Å².